The Labute approximate surface area is 250 Å². The van der Waals surface area contributed by atoms with Gasteiger partial charge in [0.25, 0.3) is 5.91 Å². The van der Waals surface area contributed by atoms with E-state index in [4.69, 9.17) is 17.0 Å². The lowest BCUT2D eigenvalue weighted by Crippen LogP contribution is -2.37. The molecular weight excluding hydrogens is 551 g/mol. The van der Waals surface area contributed by atoms with Gasteiger partial charge in [-0.05, 0) is 66.7 Å². The molecule has 0 aliphatic carbocycles. The van der Waals surface area contributed by atoms with Gasteiger partial charge in [0.2, 0.25) is 0 Å². The van der Waals surface area contributed by atoms with E-state index >= 15 is 0 Å². The van der Waals surface area contributed by atoms with Crippen molar-refractivity contribution in [2.24, 2.45) is 0 Å². The molecule has 1 amide bonds. The second-order valence-corrected chi connectivity index (χ2v) is 11.3. The van der Waals surface area contributed by atoms with Crippen molar-refractivity contribution in [3.63, 3.8) is 0 Å². The summed E-state index contributed by atoms with van der Waals surface area (Å²) < 4.78 is 19.0. The number of anilines is 1. The maximum absolute atomic E-state index is 13.5. The van der Waals surface area contributed by atoms with Gasteiger partial charge in [0.15, 0.2) is 5.11 Å². The molecule has 0 bridgehead atoms. The summed E-state index contributed by atoms with van der Waals surface area (Å²) >= 11 is 5.66. The van der Waals surface area contributed by atoms with Gasteiger partial charge in [-0.2, -0.15) is 0 Å². The number of nitrogens with zero attached hydrogens (tertiary/aromatic N) is 2. The van der Waals surface area contributed by atoms with Gasteiger partial charge in [0.05, 0.1) is 17.9 Å². The predicted molar refractivity (Wildman–Crippen MR) is 168 cm³/mol. The van der Waals surface area contributed by atoms with Gasteiger partial charge in [-0.25, -0.2) is 9.18 Å². The van der Waals surface area contributed by atoms with E-state index in [1.54, 1.807) is 13.1 Å². The van der Waals surface area contributed by atoms with Crippen LogP contribution in [-0.2, 0) is 21.5 Å². The normalized spacial score (nSPS) is 14.0. The Hall–Kier alpha value is -4.50. The van der Waals surface area contributed by atoms with Crippen molar-refractivity contribution in [1.29, 1.82) is 0 Å². The number of aromatic amines is 1. The number of fused-ring (bicyclic) bond motifs is 3. The van der Waals surface area contributed by atoms with Crippen LogP contribution in [0, 0.1) is 5.82 Å². The summed E-state index contributed by atoms with van der Waals surface area (Å²) in [7, 11) is 1.90. The monoisotopic (exact) mass is 584 g/mol. The molecule has 3 aromatic carbocycles. The Morgan fingerprint density at radius 3 is 2.50 bits per heavy atom. The summed E-state index contributed by atoms with van der Waals surface area (Å²) in [6.45, 7) is 6.90. The van der Waals surface area contributed by atoms with Gasteiger partial charge < -0.3 is 24.8 Å². The molecule has 0 saturated heterocycles. The Kier molecular flexibility index (Phi) is 8.13. The van der Waals surface area contributed by atoms with Crippen LogP contribution in [0.5, 0.6) is 0 Å². The molecule has 0 saturated carbocycles. The number of benzene rings is 3. The molecule has 216 valence electrons. The number of hydrogen-bond donors (Lipinski definition) is 2. The van der Waals surface area contributed by atoms with Gasteiger partial charge in [0.1, 0.15) is 5.82 Å². The zero-order valence-corrected chi connectivity index (χ0v) is 24.8. The van der Waals surface area contributed by atoms with Crippen LogP contribution >= 0.6 is 12.2 Å². The number of carbonyl (C=O) groups is 2. The van der Waals surface area contributed by atoms with Crippen LogP contribution in [0.3, 0.4) is 0 Å². The molecule has 1 aliphatic heterocycles. The minimum Gasteiger partial charge on any atom is -0.462 e. The van der Waals surface area contributed by atoms with Crippen molar-refractivity contribution in [3.05, 3.63) is 107 Å². The molecule has 1 aromatic heterocycles. The predicted octanol–water partition coefficient (Wildman–Crippen LogP) is 6.16. The van der Waals surface area contributed by atoms with Crippen LogP contribution in [-0.4, -0.2) is 47.1 Å². The lowest BCUT2D eigenvalue weighted by Gasteiger charge is -2.30. The third kappa shape index (κ3) is 5.78. The summed E-state index contributed by atoms with van der Waals surface area (Å²) in [5.74, 6) is -1.30. The highest BCUT2D eigenvalue weighted by molar-refractivity contribution is 7.80. The molecule has 42 heavy (non-hydrogen) atoms. The number of H-pyrrole nitrogens is 1. The zero-order valence-electron chi connectivity index (χ0n) is 24.0. The highest BCUT2D eigenvalue weighted by Gasteiger charge is 2.37. The van der Waals surface area contributed by atoms with Crippen molar-refractivity contribution in [2.75, 3.05) is 25.1 Å². The third-order valence-electron chi connectivity index (χ3n) is 7.40. The minimum atomic E-state index is -0.562. The van der Waals surface area contributed by atoms with Crippen LogP contribution in [0.4, 0.5) is 10.1 Å². The fourth-order valence-electron chi connectivity index (χ4n) is 5.33. The second kappa shape index (κ2) is 11.8. The first kappa shape index (κ1) is 29.0. The van der Waals surface area contributed by atoms with E-state index in [2.05, 4.69) is 10.3 Å². The smallest absolute Gasteiger partial charge is 0.341 e. The van der Waals surface area contributed by atoms with E-state index in [-0.39, 0.29) is 18.1 Å². The Bertz CT molecular complexity index is 1680. The summed E-state index contributed by atoms with van der Waals surface area (Å²) in [5.41, 5.74) is 4.36. The largest absolute Gasteiger partial charge is 0.462 e. The molecule has 0 unspecified atom stereocenters. The number of ether oxygens (including phenoxy) is 1. The van der Waals surface area contributed by atoms with Crippen molar-refractivity contribution in [1.82, 2.24) is 15.2 Å². The first-order chi connectivity index (χ1) is 20.1. The quantitative estimate of drug-likeness (QED) is 0.209. The summed E-state index contributed by atoms with van der Waals surface area (Å²) in [6, 6.07) is 21.4. The highest BCUT2D eigenvalue weighted by atomic mass is 32.1. The maximum Gasteiger partial charge on any atom is 0.341 e. The number of nitrogens with one attached hydrogen (secondary N) is 2. The maximum atomic E-state index is 13.5. The van der Waals surface area contributed by atoms with Gasteiger partial charge >= 0.3 is 5.97 Å². The number of amides is 1. The molecular formula is C33H33FN4O3S. The number of aromatic nitrogens is 1. The first-order valence-corrected chi connectivity index (χ1v) is 14.2. The van der Waals surface area contributed by atoms with E-state index in [0.717, 1.165) is 27.7 Å². The molecule has 0 atom stereocenters. The van der Waals surface area contributed by atoms with Crippen molar-refractivity contribution in [3.8, 4) is 0 Å². The van der Waals surface area contributed by atoms with E-state index in [1.165, 1.54) is 29.2 Å². The average Bonchev–Trinajstić information content (AvgIpc) is 3.32. The number of rotatable bonds is 6. The topological polar surface area (TPSA) is 77.7 Å². The zero-order chi connectivity index (χ0) is 30.0. The first-order valence-electron chi connectivity index (χ1n) is 13.8. The molecule has 0 fully saturated rings. The standard InChI is InChI=1S/C33H33FN4O3S/c1-5-41-31(40)26-19-38(30(39)22-11-13-23(34)14-12-22)20-33(2,3)28-25-16-15-24(17-27(25)36-29(26)28)37(4)32(42)35-18-21-9-7-6-8-10-21/h6-17,19,36H,5,18,20H2,1-4H3,(H,35,42). The second-order valence-electron chi connectivity index (χ2n) is 10.9. The minimum absolute atomic E-state index is 0.184. The fraction of sp³-hybridized carbons (Fsp3) is 0.242. The molecule has 0 radical (unpaired) electrons. The molecule has 7 nitrogen and oxygen atoms in total. The van der Waals surface area contributed by atoms with E-state index in [0.29, 0.717) is 29.5 Å². The number of thiocarbonyl (C=S) groups is 1. The van der Waals surface area contributed by atoms with Crippen LogP contribution in [0.1, 0.15) is 48.0 Å². The van der Waals surface area contributed by atoms with Gasteiger partial charge in [0, 0.05) is 53.9 Å². The van der Waals surface area contributed by atoms with Crippen LogP contribution < -0.4 is 10.2 Å². The summed E-state index contributed by atoms with van der Waals surface area (Å²) in [6.07, 6.45) is 1.54. The molecule has 2 heterocycles. The Morgan fingerprint density at radius 1 is 1.10 bits per heavy atom. The van der Waals surface area contributed by atoms with Crippen LogP contribution in [0.2, 0.25) is 0 Å². The summed E-state index contributed by atoms with van der Waals surface area (Å²) in [4.78, 5) is 33.7. The molecule has 2 N–H and O–H groups in total. The molecule has 0 spiro atoms. The van der Waals surface area contributed by atoms with Crippen molar-refractivity contribution >= 4 is 51.4 Å². The fourth-order valence-corrected chi connectivity index (χ4v) is 5.51. The SMILES string of the molecule is CCOC(=O)C1=CN(C(=O)c2ccc(F)cc2)CC(C)(C)c2c1[nH]c1cc(N(C)C(=S)NCc3ccccc3)ccc21. The van der Waals surface area contributed by atoms with E-state index < -0.39 is 17.2 Å². The van der Waals surface area contributed by atoms with Crippen molar-refractivity contribution < 1.29 is 18.7 Å². The van der Waals surface area contributed by atoms with Crippen LogP contribution in [0.15, 0.2) is 79.0 Å². The Morgan fingerprint density at radius 2 is 1.81 bits per heavy atom. The lowest BCUT2D eigenvalue weighted by molar-refractivity contribution is -0.136. The van der Waals surface area contributed by atoms with Crippen molar-refractivity contribution in [2.45, 2.75) is 32.7 Å². The average molecular weight is 585 g/mol. The number of halogens is 1. The van der Waals surface area contributed by atoms with Crippen LogP contribution in [0.25, 0.3) is 16.5 Å². The molecule has 4 aromatic rings. The van der Waals surface area contributed by atoms with E-state index in [1.807, 2.05) is 74.3 Å². The molecule has 5 rings (SSSR count). The Balaban J connectivity index is 1.51. The number of hydrogen-bond acceptors (Lipinski definition) is 4. The lowest BCUT2D eigenvalue weighted by atomic mass is 9.81. The van der Waals surface area contributed by atoms with Gasteiger partial charge in [-0.1, -0.05) is 50.2 Å². The number of carbonyl (C=O) groups excluding carboxylic acids is 2. The third-order valence-corrected chi connectivity index (χ3v) is 7.82. The number of esters is 1. The summed E-state index contributed by atoms with van der Waals surface area (Å²) in [5, 5.41) is 4.81. The van der Waals surface area contributed by atoms with Gasteiger partial charge in [-0.3, -0.25) is 4.79 Å². The molecule has 1 aliphatic rings. The van der Waals surface area contributed by atoms with Gasteiger partial charge in [-0.15, -0.1) is 0 Å². The highest BCUT2D eigenvalue weighted by Crippen LogP contribution is 2.41. The van der Waals surface area contributed by atoms with E-state index in [9.17, 15) is 14.0 Å². The molecule has 9 heteroatoms.